The number of carbonyl (C=O) groups is 1. The summed E-state index contributed by atoms with van der Waals surface area (Å²) in [6.45, 7) is 1.98. The van der Waals surface area contributed by atoms with E-state index in [0.717, 1.165) is 11.1 Å². The molecule has 0 aliphatic carbocycles. The fourth-order valence-electron chi connectivity index (χ4n) is 1.29. The molecule has 0 spiro atoms. The summed E-state index contributed by atoms with van der Waals surface area (Å²) in [7, 11) is 1.33. The van der Waals surface area contributed by atoms with Crippen molar-refractivity contribution in [2.24, 2.45) is 0 Å². The molecule has 1 aromatic rings. The van der Waals surface area contributed by atoms with Crippen molar-refractivity contribution in [1.29, 1.82) is 5.26 Å². The van der Waals surface area contributed by atoms with Crippen LogP contribution in [0.5, 0.6) is 0 Å². The fraction of sp³-hybridized carbons (Fsp3) is 0.333. The van der Waals surface area contributed by atoms with Gasteiger partial charge in [-0.05, 0) is 12.5 Å². The predicted molar refractivity (Wildman–Crippen MR) is 56.2 cm³/mol. The number of benzene rings is 1. The van der Waals surface area contributed by atoms with Gasteiger partial charge in [-0.15, -0.1) is 0 Å². The molecule has 0 heterocycles. The molecular weight excluding hydrogens is 190 g/mol. The van der Waals surface area contributed by atoms with Gasteiger partial charge in [-0.1, -0.05) is 29.8 Å². The van der Waals surface area contributed by atoms with Crippen LogP contribution in [0.1, 0.15) is 23.5 Å². The Bertz CT molecular complexity index is 376. The van der Waals surface area contributed by atoms with Gasteiger partial charge in [0.2, 0.25) is 0 Å². The van der Waals surface area contributed by atoms with Gasteiger partial charge in [0.1, 0.15) is 0 Å². The Hall–Kier alpha value is -1.82. The predicted octanol–water partition coefficient (Wildman–Crippen LogP) is 2.17. The largest absolute Gasteiger partial charge is 0.469 e. The highest BCUT2D eigenvalue weighted by molar-refractivity contribution is 5.71. The van der Waals surface area contributed by atoms with Gasteiger partial charge in [-0.2, -0.15) is 5.26 Å². The highest BCUT2D eigenvalue weighted by atomic mass is 16.5. The van der Waals surface area contributed by atoms with E-state index in [2.05, 4.69) is 10.8 Å². The van der Waals surface area contributed by atoms with E-state index in [0.29, 0.717) is 0 Å². The van der Waals surface area contributed by atoms with Crippen LogP contribution in [0, 0.1) is 18.3 Å². The van der Waals surface area contributed by atoms with Crippen LogP contribution in [0.15, 0.2) is 24.3 Å². The molecule has 0 aliphatic heterocycles. The van der Waals surface area contributed by atoms with Crippen LogP contribution < -0.4 is 0 Å². The van der Waals surface area contributed by atoms with Crippen molar-refractivity contribution in [3.05, 3.63) is 35.4 Å². The SMILES string of the molecule is COC(=O)C[C@@H](C#N)c1ccc(C)cc1. The van der Waals surface area contributed by atoms with E-state index in [4.69, 9.17) is 5.26 Å². The average Bonchev–Trinajstić information content (AvgIpc) is 2.27. The Kier molecular flexibility index (Phi) is 3.87. The first-order valence-electron chi connectivity index (χ1n) is 4.70. The lowest BCUT2D eigenvalue weighted by Crippen LogP contribution is -2.07. The Balaban J connectivity index is 2.80. The number of hydrogen-bond acceptors (Lipinski definition) is 3. The van der Waals surface area contributed by atoms with Crippen LogP contribution in [0.3, 0.4) is 0 Å². The highest BCUT2D eigenvalue weighted by Crippen LogP contribution is 2.19. The van der Waals surface area contributed by atoms with Crippen molar-refractivity contribution in [2.45, 2.75) is 19.3 Å². The Labute approximate surface area is 89.3 Å². The summed E-state index contributed by atoms with van der Waals surface area (Å²) in [6.07, 6.45) is 0.107. The van der Waals surface area contributed by atoms with Gasteiger partial charge in [-0.3, -0.25) is 4.79 Å². The lowest BCUT2D eigenvalue weighted by Gasteiger charge is -2.07. The highest BCUT2D eigenvalue weighted by Gasteiger charge is 2.15. The summed E-state index contributed by atoms with van der Waals surface area (Å²) in [6, 6.07) is 9.69. The Morgan fingerprint density at radius 1 is 1.47 bits per heavy atom. The average molecular weight is 203 g/mol. The summed E-state index contributed by atoms with van der Waals surface area (Å²) in [5, 5.41) is 8.94. The monoisotopic (exact) mass is 203 g/mol. The minimum Gasteiger partial charge on any atom is -0.469 e. The molecule has 0 saturated heterocycles. The molecule has 0 saturated carbocycles. The van der Waals surface area contributed by atoms with Gasteiger partial charge in [0.15, 0.2) is 0 Å². The Morgan fingerprint density at radius 3 is 2.53 bits per heavy atom. The molecule has 0 aliphatic rings. The number of carbonyl (C=O) groups excluding carboxylic acids is 1. The number of nitrogens with zero attached hydrogens (tertiary/aromatic N) is 1. The number of rotatable bonds is 3. The van der Waals surface area contributed by atoms with E-state index in [1.807, 2.05) is 31.2 Å². The first-order chi connectivity index (χ1) is 7.17. The molecule has 0 unspecified atom stereocenters. The van der Waals surface area contributed by atoms with E-state index in [-0.39, 0.29) is 12.4 Å². The summed E-state index contributed by atoms with van der Waals surface area (Å²) < 4.78 is 4.54. The maximum absolute atomic E-state index is 11.0. The van der Waals surface area contributed by atoms with E-state index >= 15 is 0 Å². The minimum absolute atomic E-state index is 0.107. The smallest absolute Gasteiger partial charge is 0.307 e. The van der Waals surface area contributed by atoms with Crippen molar-refractivity contribution >= 4 is 5.97 Å². The van der Waals surface area contributed by atoms with Gasteiger partial charge < -0.3 is 4.74 Å². The van der Waals surface area contributed by atoms with Crippen LogP contribution in [-0.4, -0.2) is 13.1 Å². The third kappa shape index (κ3) is 3.10. The number of methoxy groups -OCH3 is 1. The second-order valence-corrected chi connectivity index (χ2v) is 3.37. The summed E-state index contributed by atoms with van der Waals surface area (Å²) >= 11 is 0. The van der Waals surface area contributed by atoms with E-state index in [1.165, 1.54) is 7.11 Å². The molecule has 1 rings (SSSR count). The van der Waals surface area contributed by atoms with Crippen LogP contribution in [-0.2, 0) is 9.53 Å². The summed E-state index contributed by atoms with van der Waals surface area (Å²) in [4.78, 5) is 11.0. The van der Waals surface area contributed by atoms with Gasteiger partial charge in [0.05, 0.1) is 25.5 Å². The standard InChI is InChI=1S/C12H13NO2/c1-9-3-5-10(6-4-9)11(8-13)7-12(14)15-2/h3-6,11H,7H2,1-2H3/t11-/m0/s1. The quantitative estimate of drug-likeness (QED) is 0.707. The molecular formula is C12H13NO2. The third-order valence-corrected chi connectivity index (χ3v) is 2.23. The molecule has 3 nitrogen and oxygen atoms in total. The first-order valence-corrected chi connectivity index (χ1v) is 4.70. The summed E-state index contributed by atoms with van der Waals surface area (Å²) in [5.74, 6) is -0.778. The van der Waals surface area contributed by atoms with Crippen LogP contribution >= 0.6 is 0 Å². The molecule has 0 bridgehead atoms. The number of aryl methyl sites for hydroxylation is 1. The van der Waals surface area contributed by atoms with E-state index in [1.54, 1.807) is 0 Å². The van der Waals surface area contributed by atoms with Crippen LogP contribution in [0.4, 0.5) is 0 Å². The zero-order valence-corrected chi connectivity index (χ0v) is 8.86. The van der Waals surface area contributed by atoms with Crippen molar-refractivity contribution in [1.82, 2.24) is 0 Å². The molecule has 1 aromatic carbocycles. The Morgan fingerprint density at radius 2 is 2.07 bits per heavy atom. The number of ether oxygens (including phenoxy) is 1. The maximum Gasteiger partial charge on any atom is 0.307 e. The third-order valence-electron chi connectivity index (χ3n) is 2.23. The van der Waals surface area contributed by atoms with Crippen molar-refractivity contribution < 1.29 is 9.53 Å². The lowest BCUT2D eigenvalue weighted by atomic mass is 9.96. The van der Waals surface area contributed by atoms with Crippen LogP contribution in [0.25, 0.3) is 0 Å². The molecule has 0 aromatic heterocycles. The maximum atomic E-state index is 11.0. The minimum atomic E-state index is -0.418. The molecule has 15 heavy (non-hydrogen) atoms. The van der Waals surface area contributed by atoms with Gasteiger partial charge in [0.25, 0.3) is 0 Å². The van der Waals surface area contributed by atoms with Crippen LogP contribution in [0.2, 0.25) is 0 Å². The molecule has 0 fully saturated rings. The first kappa shape index (κ1) is 11.3. The van der Waals surface area contributed by atoms with Gasteiger partial charge in [0, 0.05) is 0 Å². The number of esters is 1. The topological polar surface area (TPSA) is 50.1 Å². The van der Waals surface area contributed by atoms with Gasteiger partial charge in [-0.25, -0.2) is 0 Å². The van der Waals surface area contributed by atoms with E-state index < -0.39 is 5.92 Å². The lowest BCUT2D eigenvalue weighted by molar-refractivity contribution is -0.140. The number of hydrogen-bond donors (Lipinski definition) is 0. The molecule has 1 atom stereocenters. The van der Waals surface area contributed by atoms with Gasteiger partial charge >= 0.3 is 5.97 Å². The zero-order valence-electron chi connectivity index (χ0n) is 8.86. The van der Waals surface area contributed by atoms with Crippen molar-refractivity contribution in [2.75, 3.05) is 7.11 Å². The fourth-order valence-corrected chi connectivity index (χ4v) is 1.29. The second kappa shape index (κ2) is 5.16. The second-order valence-electron chi connectivity index (χ2n) is 3.37. The molecule has 0 N–H and O–H groups in total. The zero-order chi connectivity index (χ0) is 11.3. The summed E-state index contributed by atoms with van der Waals surface area (Å²) in [5.41, 5.74) is 1.99. The van der Waals surface area contributed by atoms with E-state index in [9.17, 15) is 4.79 Å². The van der Waals surface area contributed by atoms with Crippen molar-refractivity contribution in [3.8, 4) is 6.07 Å². The molecule has 78 valence electrons. The van der Waals surface area contributed by atoms with Crippen molar-refractivity contribution in [3.63, 3.8) is 0 Å². The normalized spacial score (nSPS) is 11.5. The molecule has 3 heteroatoms. The molecule has 0 amide bonds. The number of nitriles is 1. The molecule has 0 radical (unpaired) electrons.